The van der Waals surface area contributed by atoms with Crippen LogP contribution in [0.5, 0.6) is 0 Å². The van der Waals surface area contributed by atoms with E-state index in [2.05, 4.69) is 18.7 Å². The number of hydrogen-bond acceptors (Lipinski definition) is 2. The largest absolute Gasteiger partial charge is 0.384 e. The lowest BCUT2D eigenvalue weighted by atomic mass is 9.82. The van der Waals surface area contributed by atoms with E-state index < -0.39 is 0 Å². The number of hydrogen-bond donors (Lipinski definition) is 2. The highest BCUT2D eigenvalue weighted by Gasteiger charge is 2.25. The maximum atomic E-state index is 13.5. The Morgan fingerprint density at radius 2 is 1.95 bits per heavy atom. The van der Waals surface area contributed by atoms with Gasteiger partial charge in [0.05, 0.1) is 0 Å². The lowest BCUT2D eigenvalue weighted by Gasteiger charge is -2.37. The topological polar surface area (TPSA) is 53.1 Å². The molecule has 0 bridgehead atoms. The van der Waals surface area contributed by atoms with Crippen molar-refractivity contribution in [2.45, 2.75) is 33.2 Å². The molecule has 0 aromatic heterocycles. The van der Waals surface area contributed by atoms with Crippen LogP contribution in [0, 0.1) is 16.6 Å². The Labute approximate surface area is 114 Å². The molecule has 0 radical (unpaired) electrons. The molecule has 0 unspecified atom stereocenters. The van der Waals surface area contributed by atoms with Crippen molar-refractivity contribution in [3.63, 3.8) is 0 Å². The molecule has 4 heteroatoms. The molecule has 19 heavy (non-hydrogen) atoms. The van der Waals surface area contributed by atoms with Crippen LogP contribution in [0.25, 0.3) is 0 Å². The molecule has 1 heterocycles. The molecule has 0 saturated carbocycles. The first-order valence-corrected chi connectivity index (χ1v) is 6.72. The third-order valence-corrected chi connectivity index (χ3v) is 3.88. The van der Waals surface area contributed by atoms with Gasteiger partial charge in [-0.2, -0.15) is 0 Å². The Morgan fingerprint density at radius 1 is 1.32 bits per heavy atom. The molecule has 1 saturated heterocycles. The summed E-state index contributed by atoms with van der Waals surface area (Å²) in [5, 5.41) is 7.40. The lowest BCUT2D eigenvalue weighted by molar-refractivity contribution is 0.127. The van der Waals surface area contributed by atoms with Gasteiger partial charge in [0.15, 0.2) is 0 Å². The van der Waals surface area contributed by atoms with Gasteiger partial charge < -0.3 is 5.73 Å². The molecule has 1 aromatic carbocycles. The van der Waals surface area contributed by atoms with E-state index in [9.17, 15) is 4.39 Å². The molecule has 2 rings (SSSR count). The molecule has 0 amide bonds. The van der Waals surface area contributed by atoms with Gasteiger partial charge in [-0.25, -0.2) is 4.39 Å². The smallest absolute Gasteiger partial charge is 0.124 e. The zero-order valence-corrected chi connectivity index (χ0v) is 11.7. The zero-order valence-electron chi connectivity index (χ0n) is 11.7. The van der Waals surface area contributed by atoms with Crippen molar-refractivity contribution in [3.8, 4) is 0 Å². The molecular weight excluding hydrogens is 241 g/mol. The van der Waals surface area contributed by atoms with Crippen LogP contribution in [0.2, 0.25) is 0 Å². The van der Waals surface area contributed by atoms with Crippen LogP contribution in [0.4, 0.5) is 4.39 Å². The van der Waals surface area contributed by atoms with Crippen molar-refractivity contribution in [2.75, 3.05) is 13.1 Å². The van der Waals surface area contributed by atoms with Crippen LogP contribution in [0.15, 0.2) is 18.2 Å². The summed E-state index contributed by atoms with van der Waals surface area (Å²) in [6.45, 7) is 7.40. The standard InChI is InChI=1S/C15H22FN3/c1-15(2)3-5-19(6-4-15)10-11-7-12(14(17)18)9-13(16)8-11/h7-9H,3-6,10H2,1-2H3,(H3,17,18). The fraction of sp³-hybridized carbons (Fsp3) is 0.533. The van der Waals surface area contributed by atoms with E-state index in [1.165, 1.54) is 25.0 Å². The van der Waals surface area contributed by atoms with Gasteiger partial charge in [0, 0.05) is 12.1 Å². The first kappa shape index (κ1) is 14.0. The van der Waals surface area contributed by atoms with Crippen molar-refractivity contribution in [2.24, 2.45) is 11.1 Å². The first-order chi connectivity index (χ1) is 8.85. The number of amidine groups is 1. The quantitative estimate of drug-likeness (QED) is 0.651. The van der Waals surface area contributed by atoms with Crippen LogP contribution in [0.3, 0.4) is 0 Å². The number of benzene rings is 1. The number of nitrogens with two attached hydrogens (primary N) is 1. The molecule has 104 valence electrons. The summed E-state index contributed by atoms with van der Waals surface area (Å²) in [7, 11) is 0. The van der Waals surface area contributed by atoms with Crippen LogP contribution >= 0.6 is 0 Å². The number of likely N-dealkylation sites (tertiary alicyclic amines) is 1. The number of piperidine rings is 1. The summed E-state index contributed by atoms with van der Waals surface area (Å²) in [5.74, 6) is -0.402. The van der Waals surface area contributed by atoms with Gasteiger partial charge in [-0.1, -0.05) is 13.8 Å². The fourth-order valence-electron chi connectivity index (χ4n) is 2.47. The van der Waals surface area contributed by atoms with E-state index in [0.717, 1.165) is 25.2 Å². The number of nitrogens with one attached hydrogen (secondary N) is 1. The van der Waals surface area contributed by atoms with E-state index in [1.54, 1.807) is 0 Å². The number of nitrogens with zero attached hydrogens (tertiary/aromatic N) is 1. The van der Waals surface area contributed by atoms with Crippen molar-refractivity contribution in [1.29, 1.82) is 5.41 Å². The number of rotatable bonds is 3. The third kappa shape index (κ3) is 3.77. The molecule has 1 fully saturated rings. The third-order valence-electron chi connectivity index (χ3n) is 3.88. The normalized spacial score (nSPS) is 19.3. The molecule has 1 aliphatic heterocycles. The average Bonchev–Trinajstić information content (AvgIpc) is 2.31. The Bertz CT molecular complexity index is 472. The van der Waals surface area contributed by atoms with Crippen molar-refractivity contribution >= 4 is 5.84 Å². The monoisotopic (exact) mass is 263 g/mol. The Balaban J connectivity index is 2.05. The van der Waals surface area contributed by atoms with Gasteiger partial charge in [0.1, 0.15) is 11.7 Å². The van der Waals surface area contributed by atoms with E-state index in [1.807, 2.05) is 6.07 Å². The molecule has 0 spiro atoms. The van der Waals surface area contributed by atoms with E-state index >= 15 is 0 Å². The summed E-state index contributed by atoms with van der Waals surface area (Å²) in [4.78, 5) is 2.34. The molecular formula is C15H22FN3. The molecule has 1 aliphatic rings. The van der Waals surface area contributed by atoms with E-state index in [0.29, 0.717) is 11.0 Å². The van der Waals surface area contributed by atoms with E-state index in [4.69, 9.17) is 11.1 Å². The molecule has 0 atom stereocenters. The van der Waals surface area contributed by atoms with Gasteiger partial charge in [-0.05, 0) is 55.1 Å². The van der Waals surface area contributed by atoms with Gasteiger partial charge in [0.25, 0.3) is 0 Å². The maximum absolute atomic E-state index is 13.5. The van der Waals surface area contributed by atoms with Crippen LogP contribution in [-0.4, -0.2) is 23.8 Å². The second-order valence-corrected chi connectivity index (χ2v) is 6.20. The molecule has 1 aromatic rings. The van der Waals surface area contributed by atoms with Crippen molar-refractivity contribution < 1.29 is 4.39 Å². The van der Waals surface area contributed by atoms with Gasteiger partial charge in [0.2, 0.25) is 0 Å². The second kappa shape index (κ2) is 5.29. The summed E-state index contributed by atoms with van der Waals surface area (Å²) in [6, 6.07) is 4.66. The average molecular weight is 263 g/mol. The summed E-state index contributed by atoms with van der Waals surface area (Å²) in [6.07, 6.45) is 2.34. The molecule has 3 N–H and O–H groups in total. The fourth-order valence-corrected chi connectivity index (χ4v) is 2.47. The number of halogens is 1. The minimum atomic E-state index is -0.319. The highest BCUT2D eigenvalue weighted by molar-refractivity contribution is 5.95. The van der Waals surface area contributed by atoms with Crippen LogP contribution in [-0.2, 0) is 6.54 Å². The highest BCUT2D eigenvalue weighted by atomic mass is 19.1. The Morgan fingerprint density at radius 3 is 2.53 bits per heavy atom. The van der Waals surface area contributed by atoms with Gasteiger partial charge in [-0.3, -0.25) is 10.3 Å². The SMILES string of the molecule is CC1(C)CCN(Cc2cc(F)cc(C(=N)N)c2)CC1. The highest BCUT2D eigenvalue weighted by Crippen LogP contribution is 2.30. The lowest BCUT2D eigenvalue weighted by Crippen LogP contribution is -2.36. The maximum Gasteiger partial charge on any atom is 0.124 e. The summed E-state index contributed by atoms with van der Waals surface area (Å²) < 4.78 is 13.5. The first-order valence-electron chi connectivity index (χ1n) is 6.72. The molecule has 3 nitrogen and oxygen atoms in total. The number of nitrogen functional groups attached to an aromatic ring is 1. The Kier molecular flexibility index (Phi) is 3.90. The second-order valence-electron chi connectivity index (χ2n) is 6.20. The van der Waals surface area contributed by atoms with E-state index in [-0.39, 0.29) is 11.7 Å². The van der Waals surface area contributed by atoms with Gasteiger partial charge in [-0.15, -0.1) is 0 Å². The predicted molar refractivity (Wildman–Crippen MR) is 75.7 cm³/mol. The molecule has 0 aliphatic carbocycles. The minimum absolute atomic E-state index is 0.0828. The van der Waals surface area contributed by atoms with Crippen LogP contribution in [0.1, 0.15) is 37.8 Å². The summed E-state index contributed by atoms with van der Waals surface area (Å²) in [5.41, 5.74) is 7.20. The van der Waals surface area contributed by atoms with Gasteiger partial charge >= 0.3 is 0 Å². The van der Waals surface area contributed by atoms with Crippen molar-refractivity contribution in [3.05, 3.63) is 35.1 Å². The Hall–Kier alpha value is -1.42. The predicted octanol–water partition coefficient (Wildman–Crippen LogP) is 2.73. The van der Waals surface area contributed by atoms with Crippen LogP contribution < -0.4 is 5.73 Å². The zero-order chi connectivity index (χ0) is 14.0. The van der Waals surface area contributed by atoms with Crippen molar-refractivity contribution in [1.82, 2.24) is 4.90 Å². The summed E-state index contributed by atoms with van der Waals surface area (Å²) >= 11 is 0. The minimum Gasteiger partial charge on any atom is -0.384 e.